The number of ether oxygens (including phenoxy) is 5. The van der Waals surface area contributed by atoms with E-state index in [-0.39, 0.29) is 31.2 Å². The molecule has 0 spiro atoms. The van der Waals surface area contributed by atoms with Gasteiger partial charge in [0.15, 0.2) is 0 Å². The molecule has 1 heterocycles. The molecular weight excluding hydrogens is 612 g/mol. The average molecular weight is 665 g/mol. The van der Waals surface area contributed by atoms with Crippen molar-refractivity contribution in [1.82, 2.24) is 16.0 Å². The van der Waals surface area contributed by atoms with E-state index in [2.05, 4.69) is 30.2 Å². The summed E-state index contributed by atoms with van der Waals surface area (Å²) in [6, 6.07) is -1.90. The molecule has 0 unspecified atom stereocenters. The Morgan fingerprint density at radius 2 is 1.26 bits per heavy atom. The number of nitrogens with one attached hydrogen (secondary N) is 3. The smallest absolute Gasteiger partial charge is 0.408 e. The lowest BCUT2D eigenvalue weighted by Gasteiger charge is -2.24. The first-order chi connectivity index (χ1) is 21.1. The number of esters is 3. The highest BCUT2D eigenvalue weighted by Gasteiger charge is 2.33. The van der Waals surface area contributed by atoms with E-state index in [0.717, 1.165) is 6.92 Å². The van der Waals surface area contributed by atoms with Crippen LogP contribution in [0.1, 0.15) is 74.1 Å². The minimum absolute atomic E-state index is 0.0236. The van der Waals surface area contributed by atoms with Gasteiger partial charge in [-0.25, -0.2) is 19.2 Å². The maximum atomic E-state index is 11.8. The highest BCUT2D eigenvalue weighted by Crippen LogP contribution is 2.18. The number of carboxylic acid groups (broad SMARTS) is 1. The van der Waals surface area contributed by atoms with Crippen LogP contribution in [0.15, 0.2) is 0 Å². The van der Waals surface area contributed by atoms with Crippen molar-refractivity contribution >= 4 is 42.0 Å². The molecule has 4 atom stereocenters. The lowest BCUT2D eigenvalue weighted by atomic mass is 9.96. The Bertz CT molecular complexity index is 1020. The van der Waals surface area contributed by atoms with Crippen molar-refractivity contribution in [2.45, 2.75) is 97.4 Å². The van der Waals surface area contributed by atoms with E-state index < -0.39 is 65.3 Å². The number of rotatable bonds is 11. The first-order valence-electron chi connectivity index (χ1n) is 14.5. The summed E-state index contributed by atoms with van der Waals surface area (Å²) in [6.45, 7) is 12.2. The highest BCUT2D eigenvalue weighted by atomic mass is 16.6. The summed E-state index contributed by atoms with van der Waals surface area (Å²) in [4.78, 5) is 79.2. The molecule has 1 aliphatic rings. The normalized spacial score (nSPS) is 15.8. The van der Waals surface area contributed by atoms with Gasteiger partial charge in [0.25, 0.3) is 5.97 Å². The third-order valence-corrected chi connectivity index (χ3v) is 5.61. The van der Waals surface area contributed by atoms with E-state index in [1.165, 1.54) is 21.3 Å². The summed E-state index contributed by atoms with van der Waals surface area (Å²) >= 11 is 0. The van der Waals surface area contributed by atoms with E-state index in [1.807, 2.05) is 0 Å². The summed E-state index contributed by atoms with van der Waals surface area (Å²) in [5.74, 6) is -3.61. The van der Waals surface area contributed by atoms with E-state index in [1.54, 1.807) is 41.5 Å². The number of aliphatic carboxylic acids is 1. The summed E-state index contributed by atoms with van der Waals surface area (Å²) in [5.41, 5.74) is 4.09. The third-order valence-electron chi connectivity index (χ3n) is 5.61. The van der Waals surface area contributed by atoms with Crippen molar-refractivity contribution in [1.29, 1.82) is 0 Å². The minimum atomic E-state index is -1.02. The van der Waals surface area contributed by atoms with Crippen LogP contribution in [0.3, 0.4) is 0 Å². The summed E-state index contributed by atoms with van der Waals surface area (Å²) < 4.78 is 24.2. The van der Waals surface area contributed by atoms with Crippen LogP contribution in [0.5, 0.6) is 0 Å². The van der Waals surface area contributed by atoms with Crippen molar-refractivity contribution in [3.8, 4) is 0 Å². The quantitative estimate of drug-likeness (QED) is 0.154. The van der Waals surface area contributed by atoms with Crippen molar-refractivity contribution < 1.29 is 62.4 Å². The topological polar surface area (TPSA) is 248 Å². The monoisotopic (exact) mass is 664 g/mol. The number of amides is 3. The molecule has 1 rings (SSSR count). The van der Waals surface area contributed by atoms with Gasteiger partial charge in [0.05, 0.1) is 27.2 Å². The fraction of sp³-hybridized carbons (Fsp3) is 0.759. The van der Waals surface area contributed by atoms with Gasteiger partial charge in [-0.2, -0.15) is 0 Å². The number of alkyl carbamates (subject to hydrolysis) is 2. The second-order valence-electron chi connectivity index (χ2n) is 12.0. The van der Waals surface area contributed by atoms with Crippen LogP contribution in [0.2, 0.25) is 0 Å². The van der Waals surface area contributed by atoms with Crippen LogP contribution >= 0.6 is 0 Å². The van der Waals surface area contributed by atoms with Gasteiger partial charge in [0, 0.05) is 19.4 Å². The molecule has 0 aliphatic carbocycles. The summed E-state index contributed by atoms with van der Waals surface area (Å²) in [5, 5.41) is 15.0. The molecule has 1 saturated heterocycles. The molecular formula is C29H52N4O13. The van der Waals surface area contributed by atoms with Gasteiger partial charge < -0.3 is 50.5 Å². The van der Waals surface area contributed by atoms with Crippen molar-refractivity contribution in [3.63, 3.8) is 0 Å². The molecule has 1 fully saturated rings. The maximum absolute atomic E-state index is 11.8. The summed E-state index contributed by atoms with van der Waals surface area (Å²) in [6.07, 6.45) is -0.267. The molecule has 0 aromatic carbocycles. The Labute approximate surface area is 269 Å². The first kappa shape index (κ1) is 44.0. The molecule has 0 radical (unpaired) electrons. The Hall–Kier alpha value is -4.15. The Kier molecular flexibility index (Phi) is 20.6. The number of methoxy groups -OCH3 is 3. The van der Waals surface area contributed by atoms with Gasteiger partial charge in [-0.1, -0.05) is 0 Å². The zero-order valence-electron chi connectivity index (χ0n) is 28.5. The fourth-order valence-electron chi connectivity index (χ4n) is 3.75. The van der Waals surface area contributed by atoms with Crippen LogP contribution in [0, 0.1) is 11.8 Å². The zero-order chi connectivity index (χ0) is 36.3. The van der Waals surface area contributed by atoms with Gasteiger partial charge in [-0.05, 0) is 73.8 Å². The van der Waals surface area contributed by atoms with Gasteiger partial charge in [0.2, 0.25) is 5.91 Å². The molecule has 266 valence electrons. The van der Waals surface area contributed by atoms with E-state index in [9.17, 15) is 28.8 Å². The Morgan fingerprint density at radius 1 is 0.848 bits per heavy atom. The number of hydrogen-bond acceptors (Lipinski definition) is 13. The van der Waals surface area contributed by atoms with E-state index in [0.29, 0.717) is 19.4 Å². The molecule has 0 aromatic heterocycles. The average Bonchev–Trinajstić information content (AvgIpc) is 3.32. The molecule has 0 aromatic rings. The molecule has 17 heteroatoms. The Balaban J connectivity index is 0. The number of nitrogens with two attached hydrogens (primary N) is 1. The summed E-state index contributed by atoms with van der Waals surface area (Å²) in [7, 11) is 3.68. The van der Waals surface area contributed by atoms with Gasteiger partial charge in [-0.15, -0.1) is 0 Å². The molecule has 6 N–H and O–H groups in total. The largest absolute Gasteiger partial charge is 0.481 e. The molecule has 46 heavy (non-hydrogen) atoms. The second-order valence-corrected chi connectivity index (χ2v) is 12.0. The van der Waals surface area contributed by atoms with Crippen molar-refractivity contribution in [2.24, 2.45) is 17.6 Å². The Morgan fingerprint density at radius 3 is 1.61 bits per heavy atom. The zero-order valence-corrected chi connectivity index (χ0v) is 28.5. The molecule has 17 nitrogen and oxygen atoms in total. The van der Waals surface area contributed by atoms with E-state index >= 15 is 0 Å². The van der Waals surface area contributed by atoms with E-state index in [4.69, 9.17) is 25.1 Å². The minimum Gasteiger partial charge on any atom is -0.481 e. The predicted octanol–water partition coefficient (Wildman–Crippen LogP) is 1.25. The standard InChI is InChI=1S/C14H26N2O6.C13H22N2O5.C2H4O2/c1-14(2,3)22-13(19)16-10(12(18)21-5)8-9(6-7-15)11(17)20-4;1-13(2,3)20-12(18)15-9(11(17)19-4)7-8-5-6-14-10(8)16;1-2(3)4/h9-10H,6-8,15H2,1-5H3,(H,16,19);8-9H,5-7H2,1-4H3,(H,14,16)(H,15,18);1H3,(H,3,4)/t9-,10-;8-,9-;/m00./s1. The van der Waals surface area contributed by atoms with Gasteiger partial charge in [0.1, 0.15) is 23.3 Å². The van der Waals surface area contributed by atoms with Gasteiger partial charge >= 0.3 is 30.1 Å². The number of hydrogen-bond donors (Lipinski definition) is 5. The van der Waals surface area contributed by atoms with Crippen LogP contribution in [0.25, 0.3) is 0 Å². The predicted molar refractivity (Wildman–Crippen MR) is 163 cm³/mol. The molecule has 0 saturated carbocycles. The first-order valence-corrected chi connectivity index (χ1v) is 14.5. The SMILES string of the molecule is CC(=O)O.COC(=O)[C@@H](CCN)C[C@H](NC(=O)OC(C)(C)C)C(=O)OC.COC(=O)[C@H](C[C@@H]1CCNC1=O)NC(=O)OC(C)(C)C. The lowest BCUT2D eigenvalue weighted by Crippen LogP contribution is -2.45. The van der Waals surface area contributed by atoms with Gasteiger partial charge in [-0.3, -0.25) is 14.4 Å². The van der Waals surface area contributed by atoms with Crippen molar-refractivity contribution in [2.75, 3.05) is 34.4 Å². The molecule has 0 bridgehead atoms. The molecule has 1 aliphatic heterocycles. The van der Waals surface area contributed by atoms with Crippen LogP contribution in [-0.4, -0.2) is 105 Å². The highest BCUT2D eigenvalue weighted by molar-refractivity contribution is 5.85. The van der Waals surface area contributed by atoms with Crippen molar-refractivity contribution in [3.05, 3.63) is 0 Å². The lowest BCUT2D eigenvalue weighted by molar-refractivity contribution is -0.148. The van der Waals surface area contributed by atoms with Crippen LogP contribution in [0.4, 0.5) is 9.59 Å². The third kappa shape index (κ3) is 21.5. The number of carboxylic acids is 1. The van der Waals surface area contributed by atoms with Crippen LogP contribution < -0.4 is 21.7 Å². The fourth-order valence-corrected chi connectivity index (χ4v) is 3.75. The van der Waals surface area contributed by atoms with Crippen LogP contribution in [-0.2, 0) is 47.7 Å². The molecule has 3 amide bonds. The second kappa shape index (κ2) is 21.6. The maximum Gasteiger partial charge on any atom is 0.408 e. The number of carbonyl (C=O) groups is 7. The number of carbonyl (C=O) groups excluding carboxylic acids is 6.